The summed E-state index contributed by atoms with van der Waals surface area (Å²) in [5.41, 5.74) is 0.916. The predicted octanol–water partition coefficient (Wildman–Crippen LogP) is 6.51. The molecule has 2 aromatic carbocycles. The number of alkyl halides is 3. The number of hydrogen-bond acceptors (Lipinski definition) is 3. The molecule has 0 fully saturated rings. The van der Waals surface area contributed by atoms with Crippen LogP contribution in [-0.4, -0.2) is 4.98 Å². The van der Waals surface area contributed by atoms with Crippen LogP contribution in [0.25, 0.3) is 21.6 Å². The number of nitrogens with zero attached hydrogens (tertiary/aromatic N) is 1. The summed E-state index contributed by atoms with van der Waals surface area (Å²) in [5, 5.41) is 5.39. The van der Waals surface area contributed by atoms with Gasteiger partial charge in [0.25, 0.3) is 0 Å². The minimum absolute atomic E-state index is 0.474. The molecule has 0 saturated carbocycles. The average molecular weight is 480 g/mol. The minimum Gasteiger partial charge on any atom is -0.235 e. The maximum atomic E-state index is 13.4. The summed E-state index contributed by atoms with van der Waals surface area (Å²) in [6, 6.07) is 9.01. The van der Waals surface area contributed by atoms with E-state index < -0.39 is 11.7 Å². The van der Waals surface area contributed by atoms with Gasteiger partial charge in [0, 0.05) is 20.7 Å². The van der Waals surface area contributed by atoms with E-state index in [9.17, 15) is 13.2 Å². The van der Waals surface area contributed by atoms with E-state index in [1.165, 1.54) is 35.2 Å². The van der Waals surface area contributed by atoms with Crippen molar-refractivity contribution in [3.8, 4) is 10.6 Å². The second kappa shape index (κ2) is 7.31. The molecule has 0 bridgehead atoms. The average Bonchev–Trinajstić information content (AvgIpc) is 3.05. The van der Waals surface area contributed by atoms with Crippen molar-refractivity contribution in [2.45, 2.75) is 6.18 Å². The number of benzene rings is 2. The number of thiazole rings is 1. The lowest BCUT2D eigenvalue weighted by atomic mass is 10.1. The van der Waals surface area contributed by atoms with Crippen molar-refractivity contribution in [2.24, 2.45) is 0 Å². The Morgan fingerprint density at radius 1 is 0.967 bits per heavy atom. The molecule has 8 heteroatoms. The zero-order valence-electron chi connectivity index (χ0n) is 14.9. The molecule has 2 aliphatic rings. The van der Waals surface area contributed by atoms with Gasteiger partial charge in [-0.15, -0.1) is 11.3 Å². The van der Waals surface area contributed by atoms with Gasteiger partial charge in [-0.1, -0.05) is 53.2 Å². The number of halogens is 5. The van der Waals surface area contributed by atoms with Gasteiger partial charge >= 0.3 is 6.18 Å². The van der Waals surface area contributed by atoms with Crippen LogP contribution in [0.2, 0.25) is 10.0 Å². The fourth-order valence-electron chi connectivity index (χ4n) is 3.38. The second-order valence-corrected chi connectivity index (χ2v) is 9.45. The lowest BCUT2D eigenvalue weighted by molar-refractivity contribution is -0.137. The lowest BCUT2D eigenvalue weighted by Crippen LogP contribution is -2.14. The SMILES string of the molecule is FC(F)(F)c1ccc2c(c1)=C1SC=CC=C1C=c1sc(-c3ccc(Cl)cc3Cl)nc1=2. The van der Waals surface area contributed by atoms with Gasteiger partial charge in [0.2, 0.25) is 0 Å². The van der Waals surface area contributed by atoms with E-state index in [2.05, 4.69) is 0 Å². The Morgan fingerprint density at radius 2 is 1.80 bits per heavy atom. The quantitative estimate of drug-likeness (QED) is 0.394. The van der Waals surface area contributed by atoms with Crippen molar-refractivity contribution >= 4 is 57.3 Å². The number of thioether (sulfide) groups is 1. The first-order chi connectivity index (χ1) is 14.3. The van der Waals surface area contributed by atoms with Crippen LogP contribution >= 0.6 is 46.3 Å². The molecule has 0 spiro atoms. The Balaban J connectivity index is 1.91. The van der Waals surface area contributed by atoms with Gasteiger partial charge in [0.15, 0.2) is 0 Å². The van der Waals surface area contributed by atoms with E-state index in [1.807, 2.05) is 23.6 Å². The molecule has 0 radical (unpaired) electrons. The number of aromatic nitrogens is 1. The number of rotatable bonds is 1. The molecule has 3 aromatic rings. The van der Waals surface area contributed by atoms with Crippen molar-refractivity contribution in [3.63, 3.8) is 0 Å². The Kier molecular flexibility index (Phi) is 4.86. The third-order valence-corrected chi connectivity index (χ3v) is 7.32. The summed E-state index contributed by atoms with van der Waals surface area (Å²) in [4.78, 5) is 5.56. The Bertz CT molecular complexity index is 1480. The molecule has 0 atom stereocenters. The zero-order chi connectivity index (χ0) is 21.0. The number of allylic oxidation sites excluding steroid dienone is 2. The minimum atomic E-state index is -4.42. The van der Waals surface area contributed by atoms with Crippen LogP contribution in [0.1, 0.15) is 5.56 Å². The smallest absolute Gasteiger partial charge is 0.235 e. The van der Waals surface area contributed by atoms with Gasteiger partial charge in [-0.3, -0.25) is 0 Å². The first-order valence-electron chi connectivity index (χ1n) is 8.75. The van der Waals surface area contributed by atoms with Crippen LogP contribution in [0.4, 0.5) is 13.2 Å². The monoisotopic (exact) mass is 479 g/mol. The highest BCUT2D eigenvalue weighted by atomic mass is 35.5. The van der Waals surface area contributed by atoms with Gasteiger partial charge in [-0.05, 0) is 52.6 Å². The van der Waals surface area contributed by atoms with Crippen LogP contribution in [0.5, 0.6) is 0 Å². The van der Waals surface area contributed by atoms with E-state index >= 15 is 0 Å². The highest BCUT2D eigenvalue weighted by Gasteiger charge is 2.30. The van der Waals surface area contributed by atoms with Crippen molar-refractivity contribution in [1.82, 2.24) is 4.98 Å². The maximum Gasteiger partial charge on any atom is 0.416 e. The summed E-state index contributed by atoms with van der Waals surface area (Å²) in [7, 11) is 0. The Labute approximate surface area is 187 Å². The second-order valence-electron chi connectivity index (χ2n) is 6.66. The molecule has 1 aromatic heterocycles. The summed E-state index contributed by atoms with van der Waals surface area (Å²) in [6.07, 6.45) is 1.34. The third kappa shape index (κ3) is 3.42. The Morgan fingerprint density at radius 3 is 2.57 bits per heavy atom. The van der Waals surface area contributed by atoms with Crippen LogP contribution in [0.3, 0.4) is 0 Å². The van der Waals surface area contributed by atoms with Crippen LogP contribution < -0.4 is 9.75 Å². The molecule has 1 nitrogen and oxygen atoms in total. The van der Waals surface area contributed by atoms with Gasteiger partial charge in [-0.2, -0.15) is 13.2 Å². The van der Waals surface area contributed by atoms with E-state index in [0.717, 1.165) is 26.6 Å². The van der Waals surface area contributed by atoms with E-state index in [1.54, 1.807) is 18.2 Å². The molecule has 0 saturated heterocycles. The highest BCUT2D eigenvalue weighted by molar-refractivity contribution is 8.11. The molecule has 1 aliphatic heterocycles. The molecule has 150 valence electrons. The molecule has 5 rings (SSSR count). The lowest BCUT2D eigenvalue weighted by Gasteiger charge is -2.11. The molecule has 0 N–H and O–H groups in total. The molecule has 0 amide bonds. The van der Waals surface area contributed by atoms with E-state index in [-0.39, 0.29) is 0 Å². The van der Waals surface area contributed by atoms with E-state index in [4.69, 9.17) is 28.2 Å². The molecule has 1 aliphatic carbocycles. The first kappa shape index (κ1) is 19.9. The van der Waals surface area contributed by atoms with Crippen molar-refractivity contribution < 1.29 is 13.2 Å². The van der Waals surface area contributed by atoms with Gasteiger partial charge < -0.3 is 0 Å². The number of hydrogen-bond donors (Lipinski definition) is 0. The fraction of sp³-hybridized carbons (Fsp3) is 0.0455. The van der Waals surface area contributed by atoms with Gasteiger partial charge in [-0.25, -0.2) is 4.98 Å². The highest BCUT2D eigenvalue weighted by Crippen LogP contribution is 2.35. The molecule has 2 heterocycles. The standard InChI is InChI=1S/C22H10Cl2F3NS2/c23-13-4-6-15(17(24)10-13)21-28-19-14-5-3-12(22(25,26)27)9-16(14)20-11(2-1-7-29-20)8-18(19)30-21/h1-10H. The number of fused-ring (bicyclic) bond motifs is 3. The maximum absolute atomic E-state index is 13.4. The largest absolute Gasteiger partial charge is 0.416 e. The topological polar surface area (TPSA) is 12.9 Å². The summed E-state index contributed by atoms with van der Waals surface area (Å²) < 4.78 is 41.0. The molecular formula is C22H10Cl2F3NS2. The normalized spacial score (nSPS) is 15.0. The predicted molar refractivity (Wildman–Crippen MR) is 119 cm³/mol. The van der Waals surface area contributed by atoms with Crippen molar-refractivity contribution in [3.05, 3.63) is 95.5 Å². The van der Waals surface area contributed by atoms with Crippen LogP contribution in [-0.2, 0) is 6.18 Å². The Hall–Kier alpha value is -1.99. The fourth-order valence-corrected chi connectivity index (χ4v) is 5.86. The molecular weight excluding hydrogens is 470 g/mol. The summed E-state index contributed by atoms with van der Waals surface area (Å²) in [6.45, 7) is 0. The van der Waals surface area contributed by atoms with E-state index in [0.29, 0.717) is 30.8 Å². The zero-order valence-corrected chi connectivity index (χ0v) is 18.1. The van der Waals surface area contributed by atoms with Crippen molar-refractivity contribution in [1.29, 1.82) is 0 Å². The molecule has 30 heavy (non-hydrogen) atoms. The third-order valence-electron chi connectivity index (χ3n) is 4.75. The van der Waals surface area contributed by atoms with Gasteiger partial charge in [0.05, 0.1) is 20.5 Å². The molecule has 0 unspecified atom stereocenters. The van der Waals surface area contributed by atoms with Crippen LogP contribution in [0.15, 0.2) is 59.5 Å². The first-order valence-corrected chi connectivity index (χ1v) is 11.2. The van der Waals surface area contributed by atoms with Crippen molar-refractivity contribution in [2.75, 3.05) is 0 Å². The van der Waals surface area contributed by atoms with Crippen LogP contribution in [0, 0.1) is 10.6 Å². The summed E-state index contributed by atoms with van der Waals surface area (Å²) >= 11 is 15.2. The summed E-state index contributed by atoms with van der Waals surface area (Å²) in [5.74, 6) is 0. The van der Waals surface area contributed by atoms with Gasteiger partial charge in [0.1, 0.15) is 5.01 Å².